The molecule has 3 nitrogen and oxygen atoms in total. The minimum absolute atomic E-state index is 0.0143. The van der Waals surface area contributed by atoms with Crippen molar-refractivity contribution in [3.05, 3.63) is 39.9 Å². The Morgan fingerprint density at radius 3 is 2.14 bits per heavy atom. The highest BCUT2D eigenvalue weighted by Crippen LogP contribution is 2.29. The number of benzene rings is 1. The molecule has 0 atom stereocenters. The van der Waals surface area contributed by atoms with Gasteiger partial charge in [-0.25, -0.2) is 13.8 Å². The molecule has 0 saturated heterocycles. The van der Waals surface area contributed by atoms with Crippen molar-refractivity contribution in [3.63, 3.8) is 0 Å². The molecule has 120 valence electrons. The number of hydrogen-bond donors (Lipinski definition) is 0. The van der Waals surface area contributed by atoms with Gasteiger partial charge in [0, 0.05) is 16.5 Å². The Morgan fingerprint density at radius 1 is 1.09 bits per heavy atom. The molecular formula is C17H22F2N2O. The van der Waals surface area contributed by atoms with Crippen LogP contribution in [0.15, 0.2) is 23.0 Å². The molecule has 0 aliphatic rings. The van der Waals surface area contributed by atoms with Crippen molar-refractivity contribution in [2.24, 2.45) is 0 Å². The summed E-state index contributed by atoms with van der Waals surface area (Å²) in [5, 5.41) is 0.0143. The summed E-state index contributed by atoms with van der Waals surface area (Å²) in [6, 6.07) is 4.43. The molecule has 0 saturated carbocycles. The van der Waals surface area contributed by atoms with E-state index in [-0.39, 0.29) is 16.4 Å². The first-order valence-corrected chi connectivity index (χ1v) is 7.29. The third kappa shape index (κ3) is 2.76. The summed E-state index contributed by atoms with van der Waals surface area (Å²) < 4.78 is 28.1. The number of fused-ring (bicyclic) bond motifs is 1. The van der Waals surface area contributed by atoms with Gasteiger partial charge in [-0.05, 0) is 26.8 Å². The molecule has 0 N–H and O–H groups in total. The number of hydrogen-bond acceptors (Lipinski definition) is 2. The zero-order chi connectivity index (χ0) is 16.9. The molecular weight excluding hydrogens is 286 g/mol. The third-order valence-corrected chi connectivity index (χ3v) is 3.51. The fourth-order valence-corrected chi connectivity index (χ4v) is 2.56. The molecule has 0 aliphatic carbocycles. The molecule has 1 heterocycles. The van der Waals surface area contributed by atoms with Crippen molar-refractivity contribution in [1.82, 2.24) is 9.55 Å². The van der Waals surface area contributed by atoms with Crippen LogP contribution in [0.25, 0.3) is 10.9 Å². The van der Waals surface area contributed by atoms with E-state index in [4.69, 9.17) is 0 Å². The Labute approximate surface area is 129 Å². The summed E-state index contributed by atoms with van der Waals surface area (Å²) in [6.45, 7) is 11.5. The smallest absolute Gasteiger partial charge is 0.264 e. The number of rotatable bonds is 1. The molecule has 1 aromatic heterocycles. The SMILES string of the molecule is CC(C)(C)c1nc2cccc(C(F)F)c2c(=O)n1C(C)(C)C. The van der Waals surface area contributed by atoms with E-state index in [0.717, 1.165) is 0 Å². The lowest BCUT2D eigenvalue weighted by Crippen LogP contribution is -2.41. The highest BCUT2D eigenvalue weighted by Gasteiger charge is 2.29. The van der Waals surface area contributed by atoms with E-state index < -0.39 is 17.5 Å². The molecule has 5 heteroatoms. The quantitative estimate of drug-likeness (QED) is 0.783. The standard InChI is InChI=1S/C17H22F2N2O/c1-16(2,3)15-20-11-9-7-8-10(13(18)19)12(11)14(22)21(15)17(4,5)6/h7-9,13H,1-6H3. The summed E-state index contributed by atoms with van der Waals surface area (Å²) in [5.74, 6) is 0.601. The molecule has 0 fully saturated rings. The molecule has 0 aliphatic heterocycles. The fraction of sp³-hybridized carbons (Fsp3) is 0.529. The normalized spacial score (nSPS) is 13.1. The largest absolute Gasteiger partial charge is 0.290 e. The van der Waals surface area contributed by atoms with E-state index in [2.05, 4.69) is 4.98 Å². The van der Waals surface area contributed by atoms with Crippen LogP contribution in [0.3, 0.4) is 0 Å². The first-order valence-electron chi connectivity index (χ1n) is 7.29. The maximum Gasteiger partial charge on any atom is 0.264 e. The van der Waals surface area contributed by atoms with Crippen LogP contribution in [0, 0.1) is 0 Å². The first-order chi connectivity index (χ1) is 9.94. The summed E-state index contributed by atoms with van der Waals surface area (Å²) in [5.41, 5.74) is -1.25. The number of aromatic nitrogens is 2. The van der Waals surface area contributed by atoms with Gasteiger partial charge >= 0.3 is 0 Å². The van der Waals surface area contributed by atoms with Crippen molar-refractivity contribution in [1.29, 1.82) is 0 Å². The van der Waals surface area contributed by atoms with Gasteiger partial charge in [-0.15, -0.1) is 0 Å². The zero-order valence-corrected chi connectivity index (χ0v) is 13.9. The maximum atomic E-state index is 13.3. The van der Waals surface area contributed by atoms with E-state index in [1.165, 1.54) is 12.1 Å². The second kappa shape index (κ2) is 5.14. The van der Waals surface area contributed by atoms with Crippen molar-refractivity contribution >= 4 is 10.9 Å². The minimum Gasteiger partial charge on any atom is -0.290 e. The van der Waals surface area contributed by atoms with Crippen molar-refractivity contribution in [2.75, 3.05) is 0 Å². The Bertz CT molecular complexity index is 765. The summed E-state index contributed by atoms with van der Waals surface area (Å²) in [7, 11) is 0. The van der Waals surface area contributed by atoms with Gasteiger partial charge < -0.3 is 0 Å². The lowest BCUT2D eigenvalue weighted by molar-refractivity contribution is 0.153. The maximum absolute atomic E-state index is 13.3. The van der Waals surface area contributed by atoms with Crippen LogP contribution in [-0.2, 0) is 11.0 Å². The zero-order valence-electron chi connectivity index (χ0n) is 13.9. The van der Waals surface area contributed by atoms with Gasteiger partial charge in [0.1, 0.15) is 5.82 Å². The topological polar surface area (TPSA) is 34.9 Å². The molecule has 0 unspecified atom stereocenters. The highest BCUT2D eigenvalue weighted by atomic mass is 19.3. The van der Waals surface area contributed by atoms with Gasteiger partial charge in [0.2, 0.25) is 0 Å². The molecule has 0 amide bonds. The number of halogens is 2. The second-order valence-electron chi connectivity index (χ2n) is 7.54. The van der Waals surface area contributed by atoms with Crippen molar-refractivity contribution in [3.8, 4) is 0 Å². The second-order valence-corrected chi connectivity index (χ2v) is 7.54. The van der Waals surface area contributed by atoms with Gasteiger partial charge in [-0.2, -0.15) is 0 Å². The average molecular weight is 308 g/mol. The lowest BCUT2D eigenvalue weighted by atomic mass is 9.92. The van der Waals surface area contributed by atoms with E-state index >= 15 is 0 Å². The Hall–Kier alpha value is -1.78. The molecule has 22 heavy (non-hydrogen) atoms. The van der Waals surface area contributed by atoms with E-state index in [9.17, 15) is 13.6 Å². The van der Waals surface area contributed by atoms with E-state index in [1.807, 2.05) is 41.5 Å². The monoisotopic (exact) mass is 308 g/mol. The summed E-state index contributed by atoms with van der Waals surface area (Å²) in [6.07, 6.45) is -2.70. The average Bonchev–Trinajstić information content (AvgIpc) is 2.34. The van der Waals surface area contributed by atoms with Crippen LogP contribution in [0.4, 0.5) is 8.78 Å². The summed E-state index contributed by atoms with van der Waals surface area (Å²) in [4.78, 5) is 17.5. The van der Waals surface area contributed by atoms with Crippen LogP contribution in [0.1, 0.15) is 59.4 Å². The third-order valence-electron chi connectivity index (χ3n) is 3.51. The molecule has 2 rings (SSSR count). The summed E-state index contributed by atoms with van der Waals surface area (Å²) >= 11 is 0. The van der Waals surface area contributed by atoms with Gasteiger partial charge in [-0.1, -0.05) is 32.9 Å². The van der Waals surface area contributed by atoms with Gasteiger partial charge in [0.05, 0.1) is 10.9 Å². The van der Waals surface area contributed by atoms with Crippen LogP contribution in [0.2, 0.25) is 0 Å². The predicted molar refractivity (Wildman–Crippen MR) is 84.7 cm³/mol. The van der Waals surface area contributed by atoms with Crippen molar-refractivity contribution in [2.45, 2.75) is 58.9 Å². The Morgan fingerprint density at radius 2 is 1.68 bits per heavy atom. The minimum atomic E-state index is -2.70. The highest BCUT2D eigenvalue weighted by molar-refractivity contribution is 5.81. The molecule has 0 radical (unpaired) electrons. The van der Waals surface area contributed by atoms with Gasteiger partial charge in [0.25, 0.3) is 12.0 Å². The number of alkyl halides is 2. The van der Waals surface area contributed by atoms with E-state index in [1.54, 1.807) is 10.6 Å². The Kier molecular flexibility index (Phi) is 3.88. The van der Waals surface area contributed by atoms with Crippen LogP contribution in [-0.4, -0.2) is 9.55 Å². The first kappa shape index (κ1) is 16.6. The lowest BCUT2D eigenvalue weighted by Gasteiger charge is -2.31. The van der Waals surface area contributed by atoms with E-state index in [0.29, 0.717) is 11.3 Å². The molecule has 2 aromatic rings. The fourth-order valence-electron chi connectivity index (χ4n) is 2.56. The van der Waals surface area contributed by atoms with Crippen LogP contribution >= 0.6 is 0 Å². The predicted octanol–water partition coefficient (Wildman–Crippen LogP) is 4.39. The molecule has 0 bridgehead atoms. The Balaban J connectivity index is 3.05. The molecule has 0 spiro atoms. The van der Waals surface area contributed by atoms with Crippen LogP contribution in [0.5, 0.6) is 0 Å². The van der Waals surface area contributed by atoms with Crippen molar-refractivity contribution < 1.29 is 8.78 Å². The van der Waals surface area contributed by atoms with Gasteiger partial charge in [0.15, 0.2) is 0 Å². The molecule has 1 aromatic carbocycles. The van der Waals surface area contributed by atoms with Crippen LogP contribution < -0.4 is 5.56 Å². The van der Waals surface area contributed by atoms with Gasteiger partial charge in [-0.3, -0.25) is 9.36 Å². The number of nitrogens with zero attached hydrogens (tertiary/aromatic N) is 2.